The van der Waals surface area contributed by atoms with Crippen LogP contribution in [0.15, 0.2) is 29.2 Å². The highest BCUT2D eigenvalue weighted by Crippen LogP contribution is 2.25. The standard InChI is InChI=1S/C15H21N3O3S/c1-10-7-8-16-9-14(10)17-15(19)11(2)22-13-5-3-12(4-6-13)18(20)21/h3-6,10-11,14,16H,7-9H2,1-2H3,(H,17,19). The SMILES string of the molecule is CC(Sc1ccc([N+](=O)[O-])cc1)C(=O)NC1CNCCC1C. The molecule has 7 heteroatoms. The zero-order valence-electron chi connectivity index (χ0n) is 12.7. The molecule has 22 heavy (non-hydrogen) atoms. The Morgan fingerprint density at radius 2 is 2.14 bits per heavy atom. The van der Waals surface area contributed by atoms with Gasteiger partial charge in [0.2, 0.25) is 5.91 Å². The van der Waals surface area contributed by atoms with E-state index in [1.807, 2.05) is 6.92 Å². The lowest BCUT2D eigenvalue weighted by atomic mass is 9.95. The zero-order valence-corrected chi connectivity index (χ0v) is 13.6. The first-order chi connectivity index (χ1) is 10.5. The van der Waals surface area contributed by atoms with E-state index in [4.69, 9.17) is 0 Å². The summed E-state index contributed by atoms with van der Waals surface area (Å²) in [6.07, 6.45) is 1.06. The first-order valence-corrected chi connectivity index (χ1v) is 8.27. The Kier molecular flexibility index (Phi) is 5.79. The van der Waals surface area contributed by atoms with E-state index in [9.17, 15) is 14.9 Å². The maximum atomic E-state index is 12.3. The van der Waals surface area contributed by atoms with Crippen LogP contribution in [-0.4, -0.2) is 35.2 Å². The van der Waals surface area contributed by atoms with E-state index < -0.39 is 4.92 Å². The third-order valence-corrected chi connectivity index (χ3v) is 5.00. The van der Waals surface area contributed by atoms with Gasteiger partial charge in [0.15, 0.2) is 0 Å². The van der Waals surface area contributed by atoms with Crippen molar-refractivity contribution in [1.82, 2.24) is 10.6 Å². The Labute approximate surface area is 134 Å². The maximum Gasteiger partial charge on any atom is 0.269 e. The second kappa shape index (κ2) is 7.60. The Morgan fingerprint density at radius 3 is 2.73 bits per heavy atom. The van der Waals surface area contributed by atoms with Crippen LogP contribution < -0.4 is 10.6 Å². The highest BCUT2D eigenvalue weighted by Gasteiger charge is 2.25. The number of hydrogen-bond acceptors (Lipinski definition) is 5. The number of non-ortho nitro benzene ring substituents is 1. The van der Waals surface area contributed by atoms with Crippen molar-refractivity contribution in [2.24, 2.45) is 5.92 Å². The van der Waals surface area contributed by atoms with Crippen molar-refractivity contribution in [3.05, 3.63) is 34.4 Å². The van der Waals surface area contributed by atoms with Gasteiger partial charge in [0, 0.05) is 29.6 Å². The fourth-order valence-electron chi connectivity index (χ4n) is 2.39. The average Bonchev–Trinajstić information content (AvgIpc) is 2.50. The molecule has 1 amide bonds. The molecule has 1 aliphatic heterocycles. The summed E-state index contributed by atoms with van der Waals surface area (Å²) in [5.74, 6) is 0.477. The van der Waals surface area contributed by atoms with Crippen molar-refractivity contribution in [1.29, 1.82) is 0 Å². The summed E-state index contributed by atoms with van der Waals surface area (Å²) in [7, 11) is 0. The molecule has 6 nitrogen and oxygen atoms in total. The molecule has 3 unspecified atom stereocenters. The van der Waals surface area contributed by atoms with Crippen LogP contribution in [0, 0.1) is 16.0 Å². The molecule has 3 atom stereocenters. The fraction of sp³-hybridized carbons (Fsp3) is 0.533. The monoisotopic (exact) mass is 323 g/mol. The molecular weight excluding hydrogens is 302 g/mol. The van der Waals surface area contributed by atoms with Crippen LogP contribution >= 0.6 is 11.8 Å². The van der Waals surface area contributed by atoms with Gasteiger partial charge in [0.25, 0.3) is 5.69 Å². The van der Waals surface area contributed by atoms with Gasteiger partial charge in [-0.1, -0.05) is 6.92 Å². The number of hydrogen-bond donors (Lipinski definition) is 2. The largest absolute Gasteiger partial charge is 0.351 e. The lowest BCUT2D eigenvalue weighted by Gasteiger charge is -2.31. The molecule has 0 aromatic heterocycles. The fourth-order valence-corrected chi connectivity index (χ4v) is 3.26. The molecule has 1 aromatic rings. The van der Waals surface area contributed by atoms with Crippen LogP contribution in [0.2, 0.25) is 0 Å². The molecule has 120 valence electrons. The summed E-state index contributed by atoms with van der Waals surface area (Å²) in [6, 6.07) is 6.44. The quantitative estimate of drug-likeness (QED) is 0.493. The Balaban J connectivity index is 1.89. The first-order valence-electron chi connectivity index (χ1n) is 7.39. The average molecular weight is 323 g/mol. The second-order valence-electron chi connectivity index (χ2n) is 5.60. The lowest BCUT2D eigenvalue weighted by Crippen LogP contribution is -2.51. The van der Waals surface area contributed by atoms with Crippen molar-refractivity contribution < 1.29 is 9.72 Å². The highest BCUT2D eigenvalue weighted by atomic mass is 32.2. The molecule has 1 aromatic carbocycles. The minimum Gasteiger partial charge on any atom is -0.351 e. The van der Waals surface area contributed by atoms with Crippen molar-refractivity contribution in [2.45, 2.75) is 36.5 Å². The number of nitrogens with zero attached hydrogens (tertiary/aromatic N) is 1. The molecule has 1 fully saturated rings. The number of rotatable bonds is 5. The molecule has 2 N–H and O–H groups in total. The summed E-state index contributed by atoms with van der Waals surface area (Å²) >= 11 is 1.41. The van der Waals surface area contributed by atoms with E-state index in [0.717, 1.165) is 24.4 Å². The van der Waals surface area contributed by atoms with Crippen LogP contribution in [-0.2, 0) is 4.79 Å². The van der Waals surface area contributed by atoms with E-state index in [1.165, 1.54) is 23.9 Å². The number of piperidine rings is 1. The number of carbonyl (C=O) groups is 1. The van der Waals surface area contributed by atoms with Gasteiger partial charge in [-0.05, 0) is 37.9 Å². The molecule has 0 saturated carbocycles. The van der Waals surface area contributed by atoms with Gasteiger partial charge in [-0.3, -0.25) is 14.9 Å². The van der Waals surface area contributed by atoms with Crippen LogP contribution in [0.25, 0.3) is 0 Å². The van der Waals surface area contributed by atoms with Gasteiger partial charge >= 0.3 is 0 Å². The third-order valence-electron chi connectivity index (χ3n) is 3.88. The Hall–Kier alpha value is -1.60. The Bertz CT molecular complexity index is 535. The molecule has 0 aliphatic carbocycles. The zero-order chi connectivity index (χ0) is 16.1. The predicted molar refractivity (Wildman–Crippen MR) is 87.0 cm³/mol. The smallest absolute Gasteiger partial charge is 0.269 e. The van der Waals surface area contributed by atoms with Gasteiger partial charge in [-0.25, -0.2) is 0 Å². The minimum absolute atomic E-state index is 0.00361. The molecule has 1 heterocycles. The minimum atomic E-state index is -0.429. The molecule has 1 aliphatic rings. The van der Waals surface area contributed by atoms with E-state index in [-0.39, 0.29) is 22.9 Å². The first kappa shape index (κ1) is 16.8. The van der Waals surface area contributed by atoms with E-state index in [2.05, 4.69) is 17.6 Å². The molecule has 2 rings (SSSR count). The number of nitrogens with one attached hydrogen (secondary N) is 2. The summed E-state index contributed by atoms with van der Waals surface area (Å²) in [5, 5.41) is 16.8. The lowest BCUT2D eigenvalue weighted by molar-refractivity contribution is -0.384. The Morgan fingerprint density at radius 1 is 1.45 bits per heavy atom. The van der Waals surface area contributed by atoms with Gasteiger partial charge in [0.1, 0.15) is 0 Å². The summed E-state index contributed by atoms with van der Waals surface area (Å²) < 4.78 is 0. The number of nitro groups is 1. The summed E-state index contributed by atoms with van der Waals surface area (Å²) in [4.78, 5) is 23.3. The van der Waals surface area contributed by atoms with E-state index in [1.54, 1.807) is 12.1 Å². The van der Waals surface area contributed by atoms with Crippen molar-refractivity contribution in [2.75, 3.05) is 13.1 Å². The van der Waals surface area contributed by atoms with Gasteiger partial charge in [-0.2, -0.15) is 0 Å². The number of benzene rings is 1. The second-order valence-corrected chi connectivity index (χ2v) is 7.01. The number of nitro benzene ring substituents is 1. The molecule has 0 bridgehead atoms. The molecule has 0 spiro atoms. The predicted octanol–water partition coefficient (Wildman–Crippen LogP) is 2.19. The molecule has 1 saturated heterocycles. The van der Waals surface area contributed by atoms with Gasteiger partial charge < -0.3 is 10.6 Å². The van der Waals surface area contributed by atoms with Crippen LogP contribution in [0.4, 0.5) is 5.69 Å². The number of thioether (sulfide) groups is 1. The topological polar surface area (TPSA) is 84.3 Å². The van der Waals surface area contributed by atoms with Crippen molar-refractivity contribution in [3.63, 3.8) is 0 Å². The molecular formula is C15H21N3O3S. The van der Waals surface area contributed by atoms with Crippen LogP contribution in [0.5, 0.6) is 0 Å². The highest BCUT2D eigenvalue weighted by molar-refractivity contribution is 8.00. The summed E-state index contributed by atoms with van der Waals surface area (Å²) in [6.45, 7) is 5.81. The van der Waals surface area contributed by atoms with Crippen LogP contribution in [0.1, 0.15) is 20.3 Å². The summed E-state index contributed by atoms with van der Waals surface area (Å²) in [5.41, 5.74) is 0.0589. The van der Waals surface area contributed by atoms with Crippen molar-refractivity contribution >= 4 is 23.4 Å². The van der Waals surface area contributed by atoms with Crippen molar-refractivity contribution in [3.8, 4) is 0 Å². The van der Waals surface area contributed by atoms with E-state index >= 15 is 0 Å². The number of carbonyl (C=O) groups excluding carboxylic acids is 1. The number of amides is 1. The van der Waals surface area contributed by atoms with Crippen LogP contribution in [0.3, 0.4) is 0 Å². The van der Waals surface area contributed by atoms with Gasteiger partial charge in [0.05, 0.1) is 10.2 Å². The molecule has 0 radical (unpaired) electrons. The van der Waals surface area contributed by atoms with E-state index in [0.29, 0.717) is 5.92 Å². The van der Waals surface area contributed by atoms with Gasteiger partial charge in [-0.15, -0.1) is 11.8 Å². The maximum absolute atomic E-state index is 12.3. The third kappa shape index (κ3) is 4.45. The normalized spacial score (nSPS) is 22.8.